The highest BCUT2D eigenvalue weighted by molar-refractivity contribution is 5.85. The average molecular weight is 423 g/mol. The molecule has 0 unspecified atom stereocenters. The third kappa shape index (κ3) is 3.04. The first kappa shape index (κ1) is 18.4. The molecule has 0 saturated heterocycles. The Bertz CT molecular complexity index is 1570. The maximum absolute atomic E-state index is 15.0. The van der Waals surface area contributed by atoms with Gasteiger partial charge in [0.15, 0.2) is 5.82 Å². The van der Waals surface area contributed by atoms with Gasteiger partial charge in [0.25, 0.3) is 0 Å². The Labute approximate surface area is 182 Å². The maximum atomic E-state index is 15.0. The lowest BCUT2D eigenvalue weighted by Crippen LogP contribution is -2.04. The second kappa shape index (κ2) is 7.12. The van der Waals surface area contributed by atoms with Gasteiger partial charge in [0, 0.05) is 17.1 Å². The standard InChI is InChI=1S/C24H18FN7/c1-15-2-4-16(5-3-15)14-31-22(8-9-27-31)18-10-20(25)24-23(11-18)32(30-29-24)19-7-6-17-13-26-28-21(17)12-19/h2-13H,14H2,1H3,(H,26,28). The van der Waals surface area contributed by atoms with Crippen LogP contribution in [0.25, 0.3) is 38.9 Å². The van der Waals surface area contributed by atoms with Gasteiger partial charge in [-0.2, -0.15) is 10.2 Å². The number of nitrogens with one attached hydrogen (secondary N) is 1. The van der Waals surface area contributed by atoms with Gasteiger partial charge >= 0.3 is 0 Å². The lowest BCUT2D eigenvalue weighted by molar-refractivity contribution is 0.635. The van der Waals surface area contributed by atoms with Crippen LogP contribution in [0.4, 0.5) is 4.39 Å². The van der Waals surface area contributed by atoms with Gasteiger partial charge in [-0.25, -0.2) is 9.07 Å². The second-order valence-electron chi connectivity index (χ2n) is 7.83. The van der Waals surface area contributed by atoms with Crippen molar-refractivity contribution in [2.24, 2.45) is 0 Å². The van der Waals surface area contributed by atoms with Gasteiger partial charge in [-0.1, -0.05) is 35.0 Å². The maximum Gasteiger partial charge on any atom is 0.153 e. The number of rotatable bonds is 4. The number of fused-ring (bicyclic) bond motifs is 2. The molecule has 1 N–H and O–H groups in total. The second-order valence-corrected chi connectivity index (χ2v) is 7.83. The Hall–Kier alpha value is -4.33. The molecule has 3 aromatic carbocycles. The van der Waals surface area contributed by atoms with Crippen molar-refractivity contribution in [3.05, 3.63) is 90.0 Å². The highest BCUT2D eigenvalue weighted by Gasteiger charge is 2.16. The molecule has 7 nitrogen and oxygen atoms in total. The van der Waals surface area contributed by atoms with Gasteiger partial charge in [0.2, 0.25) is 0 Å². The summed E-state index contributed by atoms with van der Waals surface area (Å²) in [6.45, 7) is 2.65. The summed E-state index contributed by atoms with van der Waals surface area (Å²) in [5, 5.41) is 20.7. The number of benzene rings is 3. The Morgan fingerprint density at radius 3 is 2.75 bits per heavy atom. The summed E-state index contributed by atoms with van der Waals surface area (Å²) >= 11 is 0. The van der Waals surface area contributed by atoms with Gasteiger partial charge in [-0.05, 0) is 48.9 Å². The summed E-state index contributed by atoms with van der Waals surface area (Å²) in [5.74, 6) is -0.422. The van der Waals surface area contributed by atoms with Crippen LogP contribution in [0, 0.1) is 12.7 Å². The number of hydrogen-bond acceptors (Lipinski definition) is 4. The molecule has 0 aliphatic rings. The highest BCUT2D eigenvalue weighted by atomic mass is 19.1. The molecule has 0 amide bonds. The fourth-order valence-electron chi connectivity index (χ4n) is 3.95. The third-order valence-electron chi connectivity index (χ3n) is 5.64. The van der Waals surface area contributed by atoms with Crippen molar-refractivity contribution in [3.8, 4) is 16.9 Å². The molecule has 3 aromatic heterocycles. The van der Waals surface area contributed by atoms with E-state index in [1.807, 2.05) is 35.0 Å². The summed E-state index contributed by atoms with van der Waals surface area (Å²) in [6, 6.07) is 19.4. The molecule has 6 rings (SSSR count). The van der Waals surface area contributed by atoms with Gasteiger partial charge < -0.3 is 0 Å². The molecule has 0 bridgehead atoms. The van der Waals surface area contributed by atoms with Crippen LogP contribution >= 0.6 is 0 Å². The first-order valence-electron chi connectivity index (χ1n) is 10.2. The molecule has 3 heterocycles. The Kier molecular flexibility index (Phi) is 4.10. The largest absolute Gasteiger partial charge is 0.278 e. The molecule has 0 radical (unpaired) electrons. The van der Waals surface area contributed by atoms with Crippen LogP contribution in [0.5, 0.6) is 0 Å². The lowest BCUT2D eigenvalue weighted by Gasteiger charge is -2.09. The van der Waals surface area contributed by atoms with Gasteiger partial charge in [0.1, 0.15) is 5.52 Å². The van der Waals surface area contributed by atoms with Crippen molar-refractivity contribution < 1.29 is 4.39 Å². The van der Waals surface area contributed by atoms with Crippen LogP contribution in [-0.4, -0.2) is 35.0 Å². The minimum Gasteiger partial charge on any atom is -0.278 e. The first-order chi connectivity index (χ1) is 15.7. The molecular weight excluding hydrogens is 405 g/mol. The van der Waals surface area contributed by atoms with Crippen molar-refractivity contribution >= 4 is 21.9 Å². The lowest BCUT2D eigenvalue weighted by atomic mass is 10.1. The van der Waals surface area contributed by atoms with Gasteiger partial charge in [0.05, 0.1) is 35.2 Å². The van der Waals surface area contributed by atoms with Crippen molar-refractivity contribution in [3.63, 3.8) is 0 Å². The topological polar surface area (TPSA) is 77.2 Å². The van der Waals surface area contributed by atoms with Crippen LogP contribution in [0.1, 0.15) is 11.1 Å². The molecule has 0 fully saturated rings. The van der Waals surface area contributed by atoms with Crippen LogP contribution in [-0.2, 0) is 6.54 Å². The predicted octanol–water partition coefficient (Wildman–Crippen LogP) is 4.66. The summed E-state index contributed by atoms with van der Waals surface area (Å²) in [6.07, 6.45) is 3.48. The fraction of sp³-hybridized carbons (Fsp3) is 0.0833. The zero-order valence-corrected chi connectivity index (χ0v) is 17.2. The number of H-pyrrole nitrogens is 1. The van der Waals surface area contributed by atoms with E-state index in [1.54, 1.807) is 17.1 Å². The fourth-order valence-corrected chi connectivity index (χ4v) is 3.95. The number of aryl methyl sites for hydroxylation is 1. The van der Waals surface area contributed by atoms with Crippen LogP contribution < -0.4 is 0 Å². The molecule has 156 valence electrons. The van der Waals surface area contributed by atoms with Crippen LogP contribution in [0.15, 0.2) is 73.1 Å². The number of halogens is 1. The van der Waals surface area contributed by atoms with Crippen LogP contribution in [0.2, 0.25) is 0 Å². The van der Waals surface area contributed by atoms with E-state index < -0.39 is 5.82 Å². The zero-order chi connectivity index (χ0) is 21.7. The van der Waals surface area contributed by atoms with Crippen molar-refractivity contribution in [2.45, 2.75) is 13.5 Å². The summed E-state index contributed by atoms with van der Waals surface area (Å²) in [7, 11) is 0. The van der Waals surface area contributed by atoms with Crippen molar-refractivity contribution in [1.29, 1.82) is 0 Å². The summed E-state index contributed by atoms with van der Waals surface area (Å²) in [5.41, 5.74) is 6.32. The molecule has 8 heteroatoms. The minimum atomic E-state index is -0.422. The Balaban J connectivity index is 1.45. The smallest absolute Gasteiger partial charge is 0.153 e. The van der Waals surface area contributed by atoms with Gasteiger partial charge in [-0.15, -0.1) is 5.10 Å². The summed E-state index contributed by atoms with van der Waals surface area (Å²) in [4.78, 5) is 0. The SMILES string of the molecule is Cc1ccc(Cn2nccc2-c2cc(F)c3nnn(-c4ccc5cn[nH]c5c4)c3c2)cc1. The average Bonchev–Trinajstić information content (AvgIpc) is 3.54. The van der Waals surface area contributed by atoms with Crippen LogP contribution in [0.3, 0.4) is 0 Å². The number of aromatic nitrogens is 7. The van der Waals surface area contributed by atoms with E-state index in [4.69, 9.17) is 0 Å². The number of hydrogen-bond donors (Lipinski definition) is 1. The third-order valence-corrected chi connectivity index (χ3v) is 5.64. The number of aromatic amines is 1. The Morgan fingerprint density at radius 1 is 1.00 bits per heavy atom. The molecule has 0 aliphatic heterocycles. The molecule has 0 aliphatic carbocycles. The van der Waals surface area contributed by atoms with Crippen molar-refractivity contribution in [1.82, 2.24) is 35.0 Å². The van der Waals surface area contributed by atoms with E-state index in [0.717, 1.165) is 27.8 Å². The molecule has 0 atom stereocenters. The van der Waals surface area contributed by atoms with E-state index >= 15 is 4.39 Å². The van der Waals surface area contributed by atoms with Gasteiger partial charge in [-0.3, -0.25) is 9.78 Å². The van der Waals surface area contributed by atoms with E-state index in [9.17, 15) is 0 Å². The normalized spacial score (nSPS) is 11.6. The quantitative estimate of drug-likeness (QED) is 0.448. The van der Waals surface area contributed by atoms with E-state index in [-0.39, 0.29) is 5.52 Å². The predicted molar refractivity (Wildman–Crippen MR) is 120 cm³/mol. The molecule has 32 heavy (non-hydrogen) atoms. The molecular formula is C24H18FN7. The molecule has 0 saturated carbocycles. The Morgan fingerprint density at radius 2 is 1.88 bits per heavy atom. The molecule has 6 aromatic rings. The monoisotopic (exact) mass is 423 g/mol. The molecule has 0 spiro atoms. The van der Waals surface area contributed by atoms with E-state index in [2.05, 4.69) is 56.8 Å². The highest BCUT2D eigenvalue weighted by Crippen LogP contribution is 2.28. The van der Waals surface area contributed by atoms with Crippen molar-refractivity contribution in [2.75, 3.05) is 0 Å². The summed E-state index contributed by atoms with van der Waals surface area (Å²) < 4.78 is 18.5. The number of nitrogens with zero attached hydrogens (tertiary/aromatic N) is 6. The zero-order valence-electron chi connectivity index (χ0n) is 17.2. The first-order valence-corrected chi connectivity index (χ1v) is 10.2. The van der Waals surface area contributed by atoms with E-state index in [1.165, 1.54) is 11.6 Å². The van der Waals surface area contributed by atoms with E-state index in [0.29, 0.717) is 17.6 Å². The minimum absolute atomic E-state index is 0.225.